The fourth-order valence-corrected chi connectivity index (χ4v) is 2.26. The van der Waals surface area contributed by atoms with Gasteiger partial charge in [0.1, 0.15) is 17.1 Å². The molecular weight excluding hydrogens is 250 g/mol. The molecule has 108 valence electrons. The molecule has 0 spiro atoms. The molecule has 0 amide bonds. The largest absolute Gasteiger partial charge is 0.494 e. The lowest BCUT2D eigenvalue weighted by molar-refractivity contribution is 0.405. The number of ether oxygens (including phenoxy) is 1. The second-order valence-electron chi connectivity index (χ2n) is 5.26. The minimum atomic E-state index is 0.822. The average Bonchev–Trinajstić information content (AvgIpc) is 2.43. The molecule has 0 bridgehead atoms. The third-order valence-electron chi connectivity index (χ3n) is 3.32. The van der Waals surface area contributed by atoms with Crippen molar-refractivity contribution in [2.45, 2.75) is 13.3 Å². The van der Waals surface area contributed by atoms with Crippen LogP contribution in [-0.4, -0.2) is 44.2 Å². The van der Waals surface area contributed by atoms with Gasteiger partial charge < -0.3 is 15.0 Å². The summed E-state index contributed by atoms with van der Waals surface area (Å²) in [6.45, 7) is 4.10. The van der Waals surface area contributed by atoms with E-state index < -0.39 is 0 Å². The topological polar surface area (TPSA) is 37.4 Å². The SMILES string of the molecule is COc1cccc2c(C)cc(NCCCN(C)C)nc12. The number of nitrogens with one attached hydrogen (secondary N) is 1. The number of hydrogen-bond donors (Lipinski definition) is 1. The molecule has 1 N–H and O–H groups in total. The second-order valence-corrected chi connectivity index (χ2v) is 5.26. The Morgan fingerprint density at radius 3 is 2.80 bits per heavy atom. The standard InChI is InChI=1S/C16H23N3O/c1-12-11-15(17-9-6-10-19(2)3)18-16-13(12)7-5-8-14(16)20-4/h5,7-8,11H,6,9-10H2,1-4H3,(H,17,18). The zero-order valence-electron chi connectivity index (χ0n) is 12.7. The summed E-state index contributed by atoms with van der Waals surface area (Å²) in [6.07, 6.45) is 1.09. The summed E-state index contributed by atoms with van der Waals surface area (Å²) in [6, 6.07) is 8.12. The number of para-hydroxylation sites is 1. The number of hydrogen-bond acceptors (Lipinski definition) is 4. The van der Waals surface area contributed by atoms with E-state index in [0.717, 1.165) is 42.0 Å². The summed E-state index contributed by atoms with van der Waals surface area (Å²) in [4.78, 5) is 6.86. The molecule has 4 heteroatoms. The second kappa shape index (κ2) is 6.57. The molecule has 0 saturated carbocycles. The first-order chi connectivity index (χ1) is 9.61. The lowest BCUT2D eigenvalue weighted by Crippen LogP contribution is -2.16. The molecule has 1 aromatic carbocycles. The Bertz CT molecular complexity index is 581. The smallest absolute Gasteiger partial charge is 0.145 e. The Morgan fingerprint density at radius 1 is 1.30 bits per heavy atom. The molecule has 0 saturated heterocycles. The van der Waals surface area contributed by atoms with Crippen molar-refractivity contribution in [3.8, 4) is 5.75 Å². The van der Waals surface area contributed by atoms with E-state index >= 15 is 0 Å². The zero-order valence-corrected chi connectivity index (χ0v) is 12.7. The van der Waals surface area contributed by atoms with Crippen LogP contribution in [0.4, 0.5) is 5.82 Å². The van der Waals surface area contributed by atoms with Crippen LogP contribution in [-0.2, 0) is 0 Å². The van der Waals surface area contributed by atoms with E-state index in [9.17, 15) is 0 Å². The summed E-state index contributed by atoms with van der Waals surface area (Å²) >= 11 is 0. The van der Waals surface area contributed by atoms with E-state index in [1.807, 2.05) is 12.1 Å². The summed E-state index contributed by atoms with van der Waals surface area (Å²) in [7, 11) is 5.86. The molecule has 0 unspecified atom stereocenters. The first-order valence-corrected chi connectivity index (χ1v) is 6.95. The molecule has 0 aliphatic carbocycles. The summed E-state index contributed by atoms with van der Waals surface area (Å²) in [5.74, 6) is 1.74. The van der Waals surface area contributed by atoms with Crippen LogP contribution in [0.1, 0.15) is 12.0 Å². The van der Waals surface area contributed by atoms with Crippen molar-refractivity contribution in [2.75, 3.05) is 39.6 Å². The molecule has 4 nitrogen and oxygen atoms in total. The lowest BCUT2D eigenvalue weighted by atomic mass is 10.1. The molecular formula is C16H23N3O. The summed E-state index contributed by atoms with van der Waals surface area (Å²) in [5.41, 5.74) is 2.13. The van der Waals surface area contributed by atoms with Crippen LogP contribution in [0.15, 0.2) is 24.3 Å². The normalized spacial score (nSPS) is 11.1. The van der Waals surface area contributed by atoms with Gasteiger partial charge in [0.15, 0.2) is 0 Å². The zero-order chi connectivity index (χ0) is 14.5. The van der Waals surface area contributed by atoms with Crippen LogP contribution >= 0.6 is 0 Å². The van der Waals surface area contributed by atoms with Crippen LogP contribution < -0.4 is 10.1 Å². The Morgan fingerprint density at radius 2 is 2.10 bits per heavy atom. The molecule has 0 fully saturated rings. The monoisotopic (exact) mass is 273 g/mol. The van der Waals surface area contributed by atoms with Gasteiger partial charge in [0, 0.05) is 11.9 Å². The van der Waals surface area contributed by atoms with Crippen molar-refractivity contribution < 1.29 is 4.74 Å². The predicted molar refractivity (Wildman–Crippen MR) is 84.7 cm³/mol. The quantitative estimate of drug-likeness (QED) is 0.821. The molecule has 0 aliphatic rings. The third kappa shape index (κ3) is 3.39. The van der Waals surface area contributed by atoms with Gasteiger partial charge in [0.2, 0.25) is 0 Å². The van der Waals surface area contributed by atoms with Gasteiger partial charge in [-0.1, -0.05) is 12.1 Å². The predicted octanol–water partition coefficient (Wildman–Crippen LogP) is 2.92. The van der Waals surface area contributed by atoms with Gasteiger partial charge in [0.25, 0.3) is 0 Å². The van der Waals surface area contributed by atoms with Gasteiger partial charge in [-0.15, -0.1) is 0 Å². The highest BCUT2D eigenvalue weighted by atomic mass is 16.5. The molecule has 2 aromatic rings. The van der Waals surface area contributed by atoms with Crippen LogP contribution in [0.5, 0.6) is 5.75 Å². The van der Waals surface area contributed by atoms with Crippen molar-refractivity contribution in [3.63, 3.8) is 0 Å². The Labute approximate surface area is 120 Å². The fraction of sp³-hybridized carbons (Fsp3) is 0.438. The van der Waals surface area contributed by atoms with Crippen LogP contribution in [0.25, 0.3) is 10.9 Å². The van der Waals surface area contributed by atoms with Crippen molar-refractivity contribution in [1.29, 1.82) is 0 Å². The molecule has 0 radical (unpaired) electrons. The first-order valence-electron chi connectivity index (χ1n) is 6.95. The van der Waals surface area contributed by atoms with Crippen molar-refractivity contribution in [2.24, 2.45) is 0 Å². The van der Waals surface area contributed by atoms with Gasteiger partial charge in [-0.3, -0.25) is 0 Å². The number of pyridine rings is 1. The number of aryl methyl sites for hydroxylation is 1. The van der Waals surface area contributed by atoms with E-state index in [0.29, 0.717) is 0 Å². The van der Waals surface area contributed by atoms with E-state index in [1.165, 1.54) is 5.56 Å². The number of aromatic nitrogens is 1. The number of benzene rings is 1. The Balaban J connectivity index is 2.18. The van der Waals surface area contributed by atoms with Crippen molar-refractivity contribution in [1.82, 2.24) is 9.88 Å². The van der Waals surface area contributed by atoms with E-state index in [1.54, 1.807) is 7.11 Å². The average molecular weight is 273 g/mol. The van der Waals surface area contributed by atoms with Gasteiger partial charge in [-0.05, 0) is 51.7 Å². The molecule has 2 rings (SSSR count). The van der Waals surface area contributed by atoms with Crippen LogP contribution in [0.3, 0.4) is 0 Å². The number of rotatable bonds is 6. The highest BCUT2D eigenvalue weighted by molar-refractivity contribution is 5.88. The highest BCUT2D eigenvalue weighted by Gasteiger charge is 2.07. The van der Waals surface area contributed by atoms with Crippen molar-refractivity contribution in [3.05, 3.63) is 29.8 Å². The maximum absolute atomic E-state index is 5.40. The van der Waals surface area contributed by atoms with Gasteiger partial charge in [0.05, 0.1) is 7.11 Å². The molecule has 0 aliphatic heterocycles. The molecule has 1 heterocycles. The third-order valence-corrected chi connectivity index (χ3v) is 3.32. The Hall–Kier alpha value is -1.81. The summed E-state index contributed by atoms with van der Waals surface area (Å²) in [5, 5.41) is 4.53. The fourth-order valence-electron chi connectivity index (χ4n) is 2.26. The number of anilines is 1. The minimum Gasteiger partial charge on any atom is -0.494 e. The maximum atomic E-state index is 5.40. The van der Waals surface area contributed by atoms with Gasteiger partial charge in [-0.2, -0.15) is 0 Å². The van der Waals surface area contributed by atoms with Crippen LogP contribution in [0.2, 0.25) is 0 Å². The molecule has 20 heavy (non-hydrogen) atoms. The lowest BCUT2D eigenvalue weighted by Gasteiger charge is -2.12. The van der Waals surface area contributed by atoms with Gasteiger partial charge in [-0.25, -0.2) is 4.98 Å². The van der Waals surface area contributed by atoms with Gasteiger partial charge >= 0.3 is 0 Å². The summed E-state index contributed by atoms with van der Waals surface area (Å²) < 4.78 is 5.40. The van der Waals surface area contributed by atoms with E-state index in [-0.39, 0.29) is 0 Å². The van der Waals surface area contributed by atoms with Crippen molar-refractivity contribution >= 4 is 16.7 Å². The number of methoxy groups -OCH3 is 1. The Kier molecular flexibility index (Phi) is 4.79. The molecule has 0 atom stereocenters. The number of nitrogens with zero attached hydrogens (tertiary/aromatic N) is 2. The highest BCUT2D eigenvalue weighted by Crippen LogP contribution is 2.27. The first kappa shape index (κ1) is 14.6. The van der Waals surface area contributed by atoms with E-state index in [2.05, 4.69) is 48.4 Å². The number of fused-ring (bicyclic) bond motifs is 1. The van der Waals surface area contributed by atoms with Crippen LogP contribution in [0, 0.1) is 6.92 Å². The molecule has 1 aromatic heterocycles. The maximum Gasteiger partial charge on any atom is 0.145 e. The van der Waals surface area contributed by atoms with E-state index in [4.69, 9.17) is 4.74 Å². The minimum absolute atomic E-state index is 0.822.